The van der Waals surface area contributed by atoms with Gasteiger partial charge in [0.1, 0.15) is 0 Å². The second-order valence-corrected chi connectivity index (χ2v) is 9.01. The van der Waals surface area contributed by atoms with Gasteiger partial charge < -0.3 is 4.57 Å². The number of amides is 2. The summed E-state index contributed by atoms with van der Waals surface area (Å²) in [6, 6.07) is 11.2. The monoisotopic (exact) mass is 399 g/mol. The fourth-order valence-corrected chi connectivity index (χ4v) is 3.77. The Balaban J connectivity index is 1.74. The van der Waals surface area contributed by atoms with E-state index in [4.69, 9.17) is 12.2 Å². The van der Waals surface area contributed by atoms with E-state index >= 15 is 0 Å². The third-order valence-electron chi connectivity index (χ3n) is 4.28. The zero-order valence-electron chi connectivity index (χ0n) is 15.6. The van der Waals surface area contributed by atoms with Crippen molar-refractivity contribution in [3.8, 4) is 0 Å². The van der Waals surface area contributed by atoms with Crippen LogP contribution in [0.4, 0.5) is 0 Å². The first-order chi connectivity index (χ1) is 12.7. The van der Waals surface area contributed by atoms with Crippen LogP contribution in [-0.4, -0.2) is 25.7 Å². The number of aromatic nitrogens is 1. The molecule has 1 N–H and O–H groups in total. The quantitative estimate of drug-likeness (QED) is 0.629. The second kappa shape index (κ2) is 7.32. The molecule has 27 heavy (non-hydrogen) atoms. The van der Waals surface area contributed by atoms with Crippen LogP contribution in [0.1, 0.15) is 42.4 Å². The van der Waals surface area contributed by atoms with E-state index in [9.17, 15) is 9.59 Å². The van der Waals surface area contributed by atoms with Gasteiger partial charge in [0.15, 0.2) is 4.32 Å². The van der Waals surface area contributed by atoms with Crippen LogP contribution in [0.25, 0.3) is 6.08 Å². The highest BCUT2D eigenvalue weighted by molar-refractivity contribution is 8.26. The van der Waals surface area contributed by atoms with E-state index < -0.39 is 0 Å². The number of nitrogens with one attached hydrogen (secondary N) is 1. The minimum atomic E-state index is -0.369. The van der Waals surface area contributed by atoms with Crippen LogP contribution in [0.5, 0.6) is 0 Å². The summed E-state index contributed by atoms with van der Waals surface area (Å²) < 4.78 is 2.21. The summed E-state index contributed by atoms with van der Waals surface area (Å²) >= 11 is 6.44. The number of hydrogen-bond acceptors (Lipinski definition) is 4. The fraction of sp³-hybridized carbons (Fsp3) is 0.250. The smallest absolute Gasteiger partial charge is 0.285 e. The summed E-state index contributed by atoms with van der Waals surface area (Å²) in [7, 11) is 1.90. The molecule has 0 saturated carbocycles. The van der Waals surface area contributed by atoms with Crippen LogP contribution in [-0.2, 0) is 17.3 Å². The van der Waals surface area contributed by atoms with Crippen molar-refractivity contribution in [2.75, 3.05) is 0 Å². The third kappa shape index (κ3) is 4.14. The number of rotatable bonds is 3. The van der Waals surface area contributed by atoms with E-state index in [1.807, 2.05) is 42.1 Å². The normalized spacial score (nSPS) is 16.3. The standard InChI is InChI=1S/C20H21N3O2S2/c1-20(2,3)14-9-7-13(8-10-14)17(24)21-23-18(25)16(27-19(23)26)12-15-6-5-11-22(15)4/h5-12H,1-4H3,(H,21,24)/b16-12+. The number of hydrazine groups is 1. The van der Waals surface area contributed by atoms with Gasteiger partial charge in [-0.05, 0) is 53.5 Å². The molecule has 2 amide bonds. The minimum Gasteiger partial charge on any atom is -0.351 e. The predicted molar refractivity (Wildman–Crippen MR) is 113 cm³/mol. The lowest BCUT2D eigenvalue weighted by Gasteiger charge is -2.19. The Bertz CT molecular complexity index is 937. The van der Waals surface area contributed by atoms with Crippen molar-refractivity contribution in [1.29, 1.82) is 0 Å². The Morgan fingerprint density at radius 3 is 2.41 bits per heavy atom. The molecule has 2 heterocycles. The lowest BCUT2D eigenvalue weighted by molar-refractivity contribution is -0.123. The maximum absolute atomic E-state index is 12.6. The Kier molecular flexibility index (Phi) is 5.26. The topological polar surface area (TPSA) is 54.3 Å². The highest BCUT2D eigenvalue weighted by Crippen LogP contribution is 2.31. The van der Waals surface area contributed by atoms with Crippen molar-refractivity contribution < 1.29 is 9.59 Å². The van der Waals surface area contributed by atoms with Gasteiger partial charge in [-0.2, -0.15) is 5.01 Å². The zero-order chi connectivity index (χ0) is 19.8. The highest BCUT2D eigenvalue weighted by atomic mass is 32.2. The first kappa shape index (κ1) is 19.4. The summed E-state index contributed by atoms with van der Waals surface area (Å²) in [6.45, 7) is 6.34. The van der Waals surface area contributed by atoms with E-state index in [-0.39, 0.29) is 17.2 Å². The molecule has 3 rings (SSSR count). The summed E-state index contributed by atoms with van der Waals surface area (Å²) in [5.74, 6) is -0.697. The molecule has 0 aliphatic carbocycles. The van der Waals surface area contributed by atoms with Gasteiger partial charge in [0.05, 0.1) is 4.91 Å². The maximum atomic E-state index is 12.6. The number of benzene rings is 1. The number of thioether (sulfide) groups is 1. The summed E-state index contributed by atoms with van der Waals surface area (Å²) in [4.78, 5) is 25.6. The number of carbonyl (C=O) groups excluding carboxylic acids is 2. The van der Waals surface area contributed by atoms with Gasteiger partial charge in [-0.1, -0.05) is 44.7 Å². The second-order valence-electron chi connectivity index (χ2n) is 7.33. The van der Waals surface area contributed by atoms with Crippen LogP contribution in [0.2, 0.25) is 0 Å². The largest absolute Gasteiger partial charge is 0.351 e. The van der Waals surface area contributed by atoms with Crippen LogP contribution in [0.3, 0.4) is 0 Å². The highest BCUT2D eigenvalue weighted by Gasteiger charge is 2.34. The average Bonchev–Trinajstić information content (AvgIpc) is 3.12. The molecular weight excluding hydrogens is 378 g/mol. The SMILES string of the molecule is Cn1cccc1/C=C1/SC(=S)N(NC(=O)c2ccc(C(C)(C)C)cc2)C1=O. The van der Waals surface area contributed by atoms with Gasteiger partial charge in [-0.15, -0.1) is 0 Å². The zero-order valence-corrected chi connectivity index (χ0v) is 17.3. The first-order valence-corrected chi connectivity index (χ1v) is 9.70. The van der Waals surface area contributed by atoms with Crippen LogP contribution in [0.15, 0.2) is 47.5 Å². The molecule has 1 saturated heterocycles. The molecule has 5 nitrogen and oxygen atoms in total. The lowest BCUT2D eigenvalue weighted by atomic mass is 9.87. The van der Waals surface area contributed by atoms with E-state index in [0.29, 0.717) is 14.8 Å². The Morgan fingerprint density at radius 2 is 1.85 bits per heavy atom. The van der Waals surface area contributed by atoms with Crippen molar-refractivity contribution in [1.82, 2.24) is 15.0 Å². The molecule has 0 unspecified atom stereocenters. The molecule has 0 radical (unpaired) electrons. The van der Waals surface area contributed by atoms with Gasteiger partial charge in [0.2, 0.25) is 0 Å². The summed E-state index contributed by atoms with van der Waals surface area (Å²) in [5, 5.41) is 1.13. The molecule has 0 bridgehead atoms. The maximum Gasteiger partial charge on any atom is 0.285 e. The molecule has 2 aromatic rings. The number of thiocarbonyl (C=S) groups is 1. The van der Waals surface area contributed by atoms with Gasteiger partial charge in [0.25, 0.3) is 11.8 Å². The van der Waals surface area contributed by atoms with Crippen molar-refractivity contribution in [2.45, 2.75) is 26.2 Å². The fourth-order valence-electron chi connectivity index (χ4n) is 2.61. The average molecular weight is 400 g/mol. The van der Waals surface area contributed by atoms with E-state index in [1.165, 1.54) is 11.8 Å². The van der Waals surface area contributed by atoms with Crippen LogP contribution >= 0.6 is 24.0 Å². The molecule has 0 atom stereocenters. The molecular formula is C20H21N3O2S2. The Hall–Kier alpha value is -2.38. The number of hydrogen-bond donors (Lipinski definition) is 1. The first-order valence-electron chi connectivity index (χ1n) is 8.47. The van der Waals surface area contributed by atoms with Gasteiger partial charge in [-0.25, -0.2) is 0 Å². The van der Waals surface area contributed by atoms with Crippen LogP contribution in [0, 0.1) is 0 Å². The summed E-state index contributed by atoms with van der Waals surface area (Å²) in [5.41, 5.74) is 5.12. The molecule has 0 spiro atoms. The molecule has 1 fully saturated rings. The molecule has 1 aliphatic rings. The lowest BCUT2D eigenvalue weighted by Crippen LogP contribution is -2.44. The van der Waals surface area contributed by atoms with Gasteiger partial charge in [0, 0.05) is 24.5 Å². The number of carbonyl (C=O) groups is 2. The Labute approximate surface area is 168 Å². The number of nitrogens with zero attached hydrogens (tertiary/aromatic N) is 2. The van der Waals surface area contributed by atoms with Crippen molar-refractivity contribution in [3.05, 3.63) is 64.3 Å². The van der Waals surface area contributed by atoms with Crippen molar-refractivity contribution >= 4 is 46.2 Å². The molecule has 1 aliphatic heterocycles. The van der Waals surface area contributed by atoms with E-state index in [0.717, 1.165) is 16.3 Å². The third-order valence-corrected chi connectivity index (χ3v) is 5.59. The molecule has 7 heteroatoms. The Morgan fingerprint density at radius 1 is 1.19 bits per heavy atom. The minimum absolute atomic E-state index is 0.00870. The van der Waals surface area contributed by atoms with E-state index in [1.54, 1.807) is 18.2 Å². The predicted octanol–water partition coefficient (Wildman–Crippen LogP) is 3.87. The summed E-state index contributed by atoms with van der Waals surface area (Å²) in [6.07, 6.45) is 3.67. The van der Waals surface area contributed by atoms with Crippen molar-refractivity contribution in [3.63, 3.8) is 0 Å². The van der Waals surface area contributed by atoms with Gasteiger partial charge >= 0.3 is 0 Å². The van der Waals surface area contributed by atoms with Crippen molar-refractivity contribution in [2.24, 2.45) is 7.05 Å². The van der Waals surface area contributed by atoms with Gasteiger partial charge in [-0.3, -0.25) is 15.0 Å². The molecule has 140 valence electrons. The molecule has 1 aromatic heterocycles. The van der Waals surface area contributed by atoms with Crippen LogP contribution < -0.4 is 5.43 Å². The molecule has 1 aromatic carbocycles. The number of aryl methyl sites for hydroxylation is 1. The van der Waals surface area contributed by atoms with E-state index in [2.05, 4.69) is 26.2 Å².